The third-order valence-electron chi connectivity index (χ3n) is 4.75. The lowest BCUT2D eigenvalue weighted by molar-refractivity contribution is 0.155. The molecule has 104 valence electrons. The lowest BCUT2D eigenvalue weighted by Gasteiger charge is -2.35. The van der Waals surface area contributed by atoms with Crippen molar-refractivity contribution in [2.45, 2.75) is 63.0 Å². The Kier molecular flexibility index (Phi) is 4.07. The highest BCUT2D eigenvalue weighted by Crippen LogP contribution is 2.37. The molecule has 2 heteroatoms. The lowest BCUT2D eigenvalue weighted by Crippen LogP contribution is -2.37. The molecule has 2 aliphatic carbocycles. The highest BCUT2D eigenvalue weighted by Gasteiger charge is 2.28. The summed E-state index contributed by atoms with van der Waals surface area (Å²) in [5.74, 6) is 1.81. The molecule has 3 rings (SSSR count). The Morgan fingerprint density at radius 2 is 1.68 bits per heavy atom. The highest BCUT2D eigenvalue weighted by atomic mass is 16.5. The highest BCUT2D eigenvalue weighted by molar-refractivity contribution is 5.31. The van der Waals surface area contributed by atoms with Crippen LogP contribution in [0.5, 0.6) is 5.75 Å². The third-order valence-corrected chi connectivity index (χ3v) is 4.75. The minimum atomic E-state index is 0.456. The molecular weight excluding hydrogens is 234 g/mol. The van der Waals surface area contributed by atoms with Crippen molar-refractivity contribution in [3.63, 3.8) is 0 Å². The van der Waals surface area contributed by atoms with E-state index in [0.29, 0.717) is 6.10 Å². The molecule has 0 bridgehead atoms. The second-order valence-corrected chi connectivity index (χ2v) is 6.10. The number of ether oxygens (including phenoxy) is 1. The molecule has 2 saturated carbocycles. The predicted molar refractivity (Wildman–Crippen MR) is 78.8 cm³/mol. The molecule has 1 N–H and O–H groups in total. The van der Waals surface area contributed by atoms with Crippen LogP contribution < -0.4 is 10.1 Å². The van der Waals surface area contributed by atoms with E-state index in [2.05, 4.69) is 36.6 Å². The lowest BCUT2D eigenvalue weighted by atomic mass is 9.76. The van der Waals surface area contributed by atoms with Gasteiger partial charge in [-0.05, 0) is 69.2 Å². The minimum absolute atomic E-state index is 0.456. The Labute approximate surface area is 116 Å². The van der Waals surface area contributed by atoms with Gasteiger partial charge in [0.25, 0.3) is 0 Å². The van der Waals surface area contributed by atoms with E-state index in [9.17, 15) is 0 Å². The summed E-state index contributed by atoms with van der Waals surface area (Å²) in [6.45, 7) is 0. The van der Waals surface area contributed by atoms with Crippen molar-refractivity contribution in [3.8, 4) is 5.75 Å². The Bertz CT molecular complexity index is 388. The number of rotatable bonds is 4. The summed E-state index contributed by atoms with van der Waals surface area (Å²) in [5.41, 5.74) is 1.47. The van der Waals surface area contributed by atoms with Crippen molar-refractivity contribution in [2.24, 2.45) is 0 Å². The van der Waals surface area contributed by atoms with Gasteiger partial charge in [0, 0.05) is 6.04 Å². The molecular formula is C17H25NO. The van der Waals surface area contributed by atoms with E-state index in [1.165, 1.54) is 50.5 Å². The molecule has 0 spiro atoms. The van der Waals surface area contributed by atoms with Gasteiger partial charge in [-0.15, -0.1) is 0 Å². The molecule has 1 aromatic rings. The Morgan fingerprint density at radius 3 is 2.32 bits per heavy atom. The van der Waals surface area contributed by atoms with Gasteiger partial charge in [0.2, 0.25) is 0 Å². The summed E-state index contributed by atoms with van der Waals surface area (Å²) in [7, 11) is 2.06. The second-order valence-electron chi connectivity index (χ2n) is 6.10. The normalized spacial score (nSPS) is 27.8. The van der Waals surface area contributed by atoms with Gasteiger partial charge in [0.1, 0.15) is 5.75 Å². The van der Waals surface area contributed by atoms with Crippen LogP contribution in [0.25, 0.3) is 0 Å². The van der Waals surface area contributed by atoms with Gasteiger partial charge in [-0.25, -0.2) is 0 Å². The van der Waals surface area contributed by atoms with Crippen LogP contribution in [0.15, 0.2) is 24.3 Å². The van der Waals surface area contributed by atoms with Crippen molar-refractivity contribution >= 4 is 0 Å². The van der Waals surface area contributed by atoms with Gasteiger partial charge in [0.05, 0.1) is 6.10 Å². The zero-order chi connectivity index (χ0) is 13.1. The maximum atomic E-state index is 6.07. The van der Waals surface area contributed by atoms with Crippen LogP contribution in [0, 0.1) is 0 Å². The first kappa shape index (κ1) is 13.0. The summed E-state index contributed by atoms with van der Waals surface area (Å²) < 4.78 is 6.07. The summed E-state index contributed by atoms with van der Waals surface area (Å²) in [6, 6.07) is 9.57. The van der Waals surface area contributed by atoms with E-state index >= 15 is 0 Å². The Balaban J connectivity index is 1.54. The third kappa shape index (κ3) is 3.11. The molecule has 0 atom stereocenters. The molecule has 2 nitrogen and oxygen atoms in total. The fourth-order valence-corrected chi connectivity index (χ4v) is 3.32. The second kappa shape index (κ2) is 5.96. The average molecular weight is 259 g/mol. The van der Waals surface area contributed by atoms with E-state index in [0.717, 1.165) is 17.7 Å². The smallest absolute Gasteiger partial charge is 0.119 e. The van der Waals surface area contributed by atoms with Crippen LogP contribution >= 0.6 is 0 Å². The average Bonchev–Trinajstić information content (AvgIpc) is 2.41. The van der Waals surface area contributed by atoms with Crippen molar-refractivity contribution < 1.29 is 4.74 Å². The van der Waals surface area contributed by atoms with Crippen molar-refractivity contribution in [1.29, 1.82) is 0 Å². The summed E-state index contributed by atoms with van der Waals surface area (Å²) >= 11 is 0. The Morgan fingerprint density at radius 1 is 1.00 bits per heavy atom. The number of hydrogen-bond acceptors (Lipinski definition) is 2. The minimum Gasteiger partial charge on any atom is -0.490 e. The molecule has 0 aromatic heterocycles. The van der Waals surface area contributed by atoms with Gasteiger partial charge < -0.3 is 10.1 Å². The first-order chi connectivity index (χ1) is 9.35. The topological polar surface area (TPSA) is 21.3 Å². The van der Waals surface area contributed by atoms with Crippen LogP contribution in [-0.4, -0.2) is 19.2 Å². The molecule has 0 heterocycles. The first-order valence-corrected chi connectivity index (χ1v) is 7.79. The molecule has 19 heavy (non-hydrogen) atoms. The molecule has 1 aromatic carbocycles. The van der Waals surface area contributed by atoms with Crippen LogP contribution in [-0.2, 0) is 0 Å². The molecule has 2 aliphatic rings. The molecule has 2 fully saturated rings. The zero-order valence-corrected chi connectivity index (χ0v) is 11.9. The fraction of sp³-hybridized carbons (Fsp3) is 0.647. The van der Waals surface area contributed by atoms with Crippen LogP contribution in [0.4, 0.5) is 0 Å². The van der Waals surface area contributed by atoms with E-state index in [1.807, 2.05) is 0 Å². The monoisotopic (exact) mass is 259 g/mol. The quantitative estimate of drug-likeness (QED) is 0.886. The van der Waals surface area contributed by atoms with E-state index in [4.69, 9.17) is 4.74 Å². The number of hydrogen-bond donors (Lipinski definition) is 1. The maximum Gasteiger partial charge on any atom is 0.119 e. The first-order valence-electron chi connectivity index (χ1n) is 7.79. The number of benzene rings is 1. The molecule has 0 aliphatic heterocycles. The standard InChI is InChI=1S/C17H25NO/c1-18-15-11-14(12-15)13-7-9-17(10-8-13)19-16-5-3-2-4-6-16/h7-10,14-16,18H,2-6,11-12H2,1H3. The van der Waals surface area contributed by atoms with Crippen molar-refractivity contribution in [1.82, 2.24) is 5.32 Å². The van der Waals surface area contributed by atoms with Gasteiger partial charge in [-0.2, -0.15) is 0 Å². The van der Waals surface area contributed by atoms with Crippen molar-refractivity contribution in [3.05, 3.63) is 29.8 Å². The van der Waals surface area contributed by atoms with Crippen LogP contribution in [0.1, 0.15) is 56.4 Å². The largest absolute Gasteiger partial charge is 0.490 e. The van der Waals surface area contributed by atoms with E-state index in [-0.39, 0.29) is 0 Å². The molecule has 0 amide bonds. The Hall–Kier alpha value is -1.02. The van der Waals surface area contributed by atoms with Gasteiger partial charge in [0.15, 0.2) is 0 Å². The predicted octanol–water partition coefficient (Wildman–Crippen LogP) is 3.86. The fourth-order valence-electron chi connectivity index (χ4n) is 3.32. The summed E-state index contributed by atoms with van der Waals surface area (Å²) in [5, 5.41) is 3.34. The summed E-state index contributed by atoms with van der Waals surface area (Å²) in [4.78, 5) is 0. The van der Waals surface area contributed by atoms with Crippen LogP contribution in [0.3, 0.4) is 0 Å². The molecule has 0 unspecified atom stereocenters. The van der Waals surface area contributed by atoms with Gasteiger partial charge >= 0.3 is 0 Å². The number of nitrogens with one attached hydrogen (secondary N) is 1. The van der Waals surface area contributed by atoms with E-state index in [1.54, 1.807) is 0 Å². The van der Waals surface area contributed by atoms with Gasteiger partial charge in [-0.3, -0.25) is 0 Å². The SMILES string of the molecule is CNC1CC(c2ccc(OC3CCCCC3)cc2)C1. The van der Waals surface area contributed by atoms with E-state index < -0.39 is 0 Å². The molecule has 0 radical (unpaired) electrons. The zero-order valence-electron chi connectivity index (χ0n) is 11.9. The van der Waals surface area contributed by atoms with Gasteiger partial charge in [-0.1, -0.05) is 18.6 Å². The summed E-state index contributed by atoms with van der Waals surface area (Å²) in [6.07, 6.45) is 9.51. The molecule has 0 saturated heterocycles. The van der Waals surface area contributed by atoms with Crippen molar-refractivity contribution in [2.75, 3.05) is 7.05 Å². The maximum absolute atomic E-state index is 6.07. The van der Waals surface area contributed by atoms with Crippen LogP contribution in [0.2, 0.25) is 0 Å².